The van der Waals surface area contributed by atoms with E-state index in [0.717, 1.165) is 4.47 Å². The van der Waals surface area contributed by atoms with E-state index in [9.17, 15) is 4.79 Å². The van der Waals surface area contributed by atoms with Crippen molar-refractivity contribution in [1.82, 2.24) is 0 Å². The maximum atomic E-state index is 12.9. The predicted octanol–water partition coefficient (Wildman–Crippen LogP) is 8.08. The van der Waals surface area contributed by atoms with Crippen molar-refractivity contribution in [3.63, 3.8) is 0 Å². The van der Waals surface area contributed by atoms with Crippen molar-refractivity contribution in [3.05, 3.63) is 78.7 Å². The summed E-state index contributed by atoms with van der Waals surface area (Å²) < 4.78 is 7.02. The van der Waals surface area contributed by atoms with Gasteiger partial charge in [-0.05, 0) is 64.5 Å². The van der Waals surface area contributed by atoms with E-state index < -0.39 is 0 Å². The third-order valence-electron chi connectivity index (χ3n) is 4.05. The maximum Gasteiger partial charge on any atom is 0.270 e. The topological polar surface area (TPSA) is 33.5 Å². The SMILES string of the molecule is O=C1/C(=C\c2ccc(-c3ccc(Cl)cc3Cl)o2)SC(=S)N1c1ccc(Br)c(Cl)c1. The minimum absolute atomic E-state index is 0.235. The fourth-order valence-electron chi connectivity index (χ4n) is 2.71. The average molecular weight is 546 g/mol. The van der Waals surface area contributed by atoms with Crippen LogP contribution in [0.3, 0.4) is 0 Å². The average Bonchev–Trinajstić information content (AvgIpc) is 3.22. The van der Waals surface area contributed by atoms with Gasteiger partial charge in [0.15, 0.2) is 4.32 Å². The van der Waals surface area contributed by atoms with Gasteiger partial charge < -0.3 is 4.42 Å². The Bertz CT molecular complexity index is 1190. The monoisotopic (exact) mass is 543 g/mol. The second-order valence-electron chi connectivity index (χ2n) is 5.94. The molecule has 1 saturated heterocycles. The van der Waals surface area contributed by atoms with Gasteiger partial charge in [0, 0.05) is 21.1 Å². The molecule has 1 aliphatic heterocycles. The summed E-state index contributed by atoms with van der Waals surface area (Å²) in [5, 5.41) is 1.52. The largest absolute Gasteiger partial charge is 0.457 e. The number of hydrogen-bond donors (Lipinski definition) is 0. The van der Waals surface area contributed by atoms with Gasteiger partial charge in [0.25, 0.3) is 5.91 Å². The lowest BCUT2D eigenvalue weighted by Crippen LogP contribution is -2.27. The van der Waals surface area contributed by atoms with Crippen LogP contribution in [-0.4, -0.2) is 10.2 Å². The highest BCUT2D eigenvalue weighted by molar-refractivity contribution is 9.10. The number of halogens is 4. The lowest BCUT2D eigenvalue weighted by Gasteiger charge is -2.15. The number of thiocarbonyl (C=S) groups is 1. The van der Waals surface area contributed by atoms with E-state index in [1.165, 1.54) is 16.7 Å². The van der Waals surface area contributed by atoms with Crippen LogP contribution in [0.15, 0.2) is 62.3 Å². The van der Waals surface area contributed by atoms with Crippen LogP contribution in [0.25, 0.3) is 17.4 Å². The zero-order valence-corrected chi connectivity index (χ0v) is 19.8. The Balaban J connectivity index is 1.62. The van der Waals surface area contributed by atoms with Gasteiger partial charge >= 0.3 is 0 Å². The van der Waals surface area contributed by atoms with E-state index in [1.807, 2.05) is 0 Å². The molecule has 0 N–H and O–H groups in total. The van der Waals surface area contributed by atoms with E-state index >= 15 is 0 Å². The van der Waals surface area contributed by atoms with Gasteiger partial charge in [0.1, 0.15) is 11.5 Å². The molecular formula is C20H9BrCl3NO2S2. The van der Waals surface area contributed by atoms with E-state index in [4.69, 9.17) is 51.4 Å². The molecule has 0 aliphatic carbocycles. The van der Waals surface area contributed by atoms with Crippen LogP contribution in [0, 0.1) is 0 Å². The van der Waals surface area contributed by atoms with E-state index in [2.05, 4.69) is 15.9 Å². The summed E-state index contributed by atoms with van der Waals surface area (Å²) in [5.74, 6) is 0.856. The maximum absolute atomic E-state index is 12.9. The molecule has 0 atom stereocenters. The number of carbonyl (C=O) groups is 1. The van der Waals surface area contributed by atoms with E-state index in [0.29, 0.717) is 47.1 Å². The molecule has 1 aromatic heterocycles. The highest BCUT2D eigenvalue weighted by Crippen LogP contribution is 2.39. The molecule has 4 rings (SSSR count). The summed E-state index contributed by atoms with van der Waals surface area (Å²) in [7, 11) is 0. The zero-order chi connectivity index (χ0) is 20.7. The molecular weight excluding hydrogens is 537 g/mol. The van der Waals surface area contributed by atoms with Crippen LogP contribution in [0.5, 0.6) is 0 Å². The van der Waals surface area contributed by atoms with Crippen LogP contribution in [0.1, 0.15) is 5.76 Å². The number of hydrogen-bond acceptors (Lipinski definition) is 4. The van der Waals surface area contributed by atoms with Crippen molar-refractivity contribution < 1.29 is 9.21 Å². The van der Waals surface area contributed by atoms with Gasteiger partial charge in [0.2, 0.25) is 0 Å². The molecule has 1 fully saturated rings. The van der Waals surface area contributed by atoms with Crippen molar-refractivity contribution in [3.8, 4) is 11.3 Å². The first-order valence-electron chi connectivity index (χ1n) is 8.12. The molecule has 2 aromatic carbocycles. The van der Waals surface area contributed by atoms with Gasteiger partial charge in [0.05, 0.1) is 20.6 Å². The normalized spacial score (nSPS) is 15.6. The summed E-state index contributed by atoms with van der Waals surface area (Å²) in [4.78, 5) is 14.8. The van der Waals surface area contributed by atoms with Crippen molar-refractivity contribution in [2.45, 2.75) is 0 Å². The molecule has 1 amide bonds. The number of benzene rings is 2. The van der Waals surface area contributed by atoms with Crippen LogP contribution >= 0.6 is 74.7 Å². The first-order valence-corrected chi connectivity index (χ1v) is 11.3. The second-order valence-corrected chi connectivity index (χ2v) is 9.72. The number of carbonyl (C=O) groups excluding carboxylic acids is 1. The standard InChI is InChI=1S/C20H9BrCl3NO2S2/c21-14-5-2-11(8-16(14)24)25-19(26)18(29-20(25)28)9-12-3-6-17(27-12)13-4-1-10(22)7-15(13)23/h1-9H/b18-9+. The van der Waals surface area contributed by atoms with E-state index in [1.54, 1.807) is 54.6 Å². The van der Waals surface area contributed by atoms with Gasteiger partial charge in [-0.15, -0.1) is 0 Å². The fraction of sp³-hybridized carbons (Fsp3) is 0. The first kappa shape index (κ1) is 21.0. The highest BCUT2D eigenvalue weighted by atomic mass is 79.9. The molecule has 9 heteroatoms. The summed E-state index contributed by atoms with van der Waals surface area (Å²) in [5.41, 5.74) is 1.32. The van der Waals surface area contributed by atoms with Crippen molar-refractivity contribution in [1.29, 1.82) is 0 Å². The first-order chi connectivity index (χ1) is 13.8. The van der Waals surface area contributed by atoms with Crippen molar-refractivity contribution in [2.75, 3.05) is 4.90 Å². The Kier molecular flexibility index (Phi) is 6.11. The quantitative estimate of drug-likeness (QED) is 0.246. The smallest absolute Gasteiger partial charge is 0.270 e. The van der Waals surface area contributed by atoms with Gasteiger partial charge in [-0.2, -0.15) is 0 Å². The predicted molar refractivity (Wildman–Crippen MR) is 129 cm³/mol. The Hall–Kier alpha value is -1.28. The molecule has 0 radical (unpaired) electrons. The number of amides is 1. The summed E-state index contributed by atoms with van der Waals surface area (Å²) in [6.07, 6.45) is 1.66. The minimum Gasteiger partial charge on any atom is -0.457 e. The molecule has 146 valence electrons. The van der Waals surface area contributed by atoms with Crippen molar-refractivity contribution >= 4 is 96.7 Å². The molecule has 3 aromatic rings. The second kappa shape index (κ2) is 8.46. The number of anilines is 1. The summed E-state index contributed by atoms with van der Waals surface area (Å²) >= 11 is 28.3. The third-order valence-corrected chi connectivity index (χ3v) is 7.13. The summed E-state index contributed by atoms with van der Waals surface area (Å²) in [6.45, 7) is 0. The van der Waals surface area contributed by atoms with Gasteiger partial charge in [-0.3, -0.25) is 9.69 Å². The van der Waals surface area contributed by atoms with Crippen molar-refractivity contribution in [2.24, 2.45) is 0 Å². The van der Waals surface area contributed by atoms with Gasteiger partial charge in [-0.25, -0.2) is 0 Å². The number of rotatable bonds is 3. The van der Waals surface area contributed by atoms with E-state index in [-0.39, 0.29) is 5.91 Å². The third kappa shape index (κ3) is 4.29. The Morgan fingerprint density at radius 1 is 1.03 bits per heavy atom. The summed E-state index contributed by atoms with van der Waals surface area (Å²) in [6, 6.07) is 14.0. The molecule has 3 nitrogen and oxygen atoms in total. The molecule has 0 saturated carbocycles. The number of thioether (sulfide) groups is 1. The lowest BCUT2D eigenvalue weighted by molar-refractivity contribution is -0.113. The fourth-order valence-corrected chi connectivity index (χ4v) is 4.91. The molecule has 29 heavy (non-hydrogen) atoms. The highest BCUT2D eigenvalue weighted by Gasteiger charge is 2.33. The minimum atomic E-state index is -0.235. The Labute approximate surface area is 199 Å². The molecule has 1 aliphatic rings. The van der Waals surface area contributed by atoms with Crippen LogP contribution in [0.2, 0.25) is 15.1 Å². The van der Waals surface area contributed by atoms with Crippen LogP contribution in [-0.2, 0) is 4.79 Å². The zero-order valence-electron chi connectivity index (χ0n) is 14.3. The molecule has 0 bridgehead atoms. The number of furan rings is 1. The number of nitrogens with zero attached hydrogens (tertiary/aromatic N) is 1. The molecule has 2 heterocycles. The Morgan fingerprint density at radius 3 is 2.55 bits per heavy atom. The Morgan fingerprint density at radius 2 is 1.83 bits per heavy atom. The van der Waals surface area contributed by atoms with Crippen LogP contribution in [0.4, 0.5) is 5.69 Å². The van der Waals surface area contributed by atoms with Gasteiger partial charge in [-0.1, -0.05) is 58.8 Å². The lowest BCUT2D eigenvalue weighted by atomic mass is 10.2. The molecule has 0 unspecified atom stereocenters. The van der Waals surface area contributed by atoms with Crippen LogP contribution < -0.4 is 4.90 Å². The molecule has 0 spiro atoms.